The van der Waals surface area contributed by atoms with E-state index < -0.39 is 15.8 Å². The zero-order valence-corrected chi connectivity index (χ0v) is 12.3. The molecule has 1 heterocycles. The molecule has 0 amide bonds. The van der Waals surface area contributed by atoms with E-state index in [2.05, 4.69) is 15.3 Å². The highest BCUT2D eigenvalue weighted by Crippen LogP contribution is 2.30. The Balaban J connectivity index is 2.59. The lowest BCUT2D eigenvalue weighted by Gasteiger charge is -2.11. The molecule has 0 atom stereocenters. The van der Waals surface area contributed by atoms with E-state index >= 15 is 0 Å². The van der Waals surface area contributed by atoms with Crippen molar-refractivity contribution < 1.29 is 18.3 Å². The second-order valence-corrected chi connectivity index (χ2v) is 6.49. The third kappa shape index (κ3) is 3.47. The van der Waals surface area contributed by atoms with Crippen LogP contribution in [0.15, 0.2) is 35.5 Å². The van der Waals surface area contributed by atoms with E-state index in [0.717, 1.165) is 12.3 Å². The summed E-state index contributed by atoms with van der Waals surface area (Å²) in [5.74, 6) is -1.14. The Morgan fingerprint density at radius 1 is 1.29 bits per heavy atom. The SMILES string of the molecule is CS(=O)(=O)c1cc(C(=O)O)c(Cl)cc1Nc1ncccn1. The molecule has 0 aliphatic carbocycles. The third-order valence-corrected chi connectivity index (χ3v) is 3.96. The molecule has 0 unspecified atom stereocenters. The molecule has 2 aromatic rings. The van der Waals surface area contributed by atoms with Crippen molar-refractivity contribution in [3.05, 3.63) is 41.2 Å². The van der Waals surface area contributed by atoms with Gasteiger partial charge in [0, 0.05) is 18.6 Å². The van der Waals surface area contributed by atoms with Gasteiger partial charge in [-0.2, -0.15) is 0 Å². The number of hydrogen-bond donors (Lipinski definition) is 2. The molecule has 0 fully saturated rings. The minimum atomic E-state index is -3.67. The van der Waals surface area contributed by atoms with Crippen molar-refractivity contribution in [3.8, 4) is 0 Å². The van der Waals surface area contributed by atoms with Crippen molar-refractivity contribution in [2.45, 2.75) is 4.90 Å². The number of rotatable bonds is 4. The number of nitrogens with one attached hydrogen (secondary N) is 1. The second kappa shape index (κ2) is 5.66. The summed E-state index contributed by atoms with van der Waals surface area (Å²) < 4.78 is 23.6. The van der Waals surface area contributed by atoms with Gasteiger partial charge in [-0.25, -0.2) is 23.2 Å². The first kappa shape index (κ1) is 15.2. The van der Waals surface area contributed by atoms with Crippen LogP contribution in [0.5, 0.6) is 0 Å². The maximum absolute atomic E-state index is 11.8. The van der Waals surface area contributed by atoms with Gasteiger partial charge < -0.3 is 10.4 Å². The molecule has 110 valence electrons. The maximum atomic E-state index is 11.8. The largest absolute Gasteiger partial charge is 0.478 e. The number of halogens is 1. The zero-order chi connectivity index (χ0) is 15.6. The van der Waals surface area contributed by atoms with E-state index in [1.165, 1.54) is 18.5 Å². The minimum Gasteiger partial charge on any atom is -0.478 e. The van der Waals surface area contributed by atoms with Crippen LogP contribution >= 0.6 is 11.6 Å². The summed E-state index contributed by atoms with van der Waals surface area (Å²) in [4.78, 5) is 18.7. The van der Waals surface area contributed by atoms with Crippen molar-refractivity contribution in [2.24, 2.45) is 0 Å². The standard InChI is InChI=1S/C12H10ClN3O4S/c1-21(19,20)10-5-7(11(17)18)8(13)6-9(10)16-12-14-3-2-4-15-12/h2-6H,1H3,(H,17,18)(H,14,15,16). The first-order chi connectivity index (χ1) is 9.79. The average Bonchev–Trinajstić information content (AvgIpc) is 2.38. The Hall–Kier alpha value is -2.19. The molecule has 7 nitrogen and oxygen atoms in total. The lowest BCUT2D eigenvalue weighted by molar-refractivity contribution is 0.0697. The fourth-order valence-corrected chi connectivity index (χ4v) is 2.69. The zero-order valence-electron chi connectivity index (χ0n) is 10.7. The molecule has 9 heteroatoms. The van der Waals surface area contributed by atoms with Crippen LogP contribution in [0.4, 0.5) is 11.6 Å². The van der Waals surface area contributed by atoms with E-state index in [9.17, 15) is 13.2 Å². The Kier molecular flexibility index (Phi) is 4.10. The molecule has 1 aromatic carbocycles. The predicted octanol–water partition coefficient (Wildman–Crippen LogP) is 1.98. The van der Waals surface area contributed by atoms with Crippen LogP contribution < -0.4 is 5.32 Å². The summed E-state index contributed by atoms with van der Waals surface area (Å²) in [6.45, 7) is 0. The van der Waals surface area contributed by atoms with Crippen molar-refractivity contribution in [1.82, 2.24) is 9.97 Å². The van der Waals surface area contributed by atoms with Crippen LogP contribution in [0.2, 0.25) is 5.02 Å². The monoisotopic (exact) mass is 327 g/mol. The van der Waals surface area contributed by atoms with E-state index in [1.54, 1.807) is 6.07 Å². The molecule has 0 aliphatic heterocycles. The smallest absolute Gasteiger partial charge is 0.337 e. The Morgan fingerprint density at radius 3 is 2.43 bits per heavy atom. The van der Waals surface area contributed by atoms with Crippen molar-refractivity contribution >= 4 is 39.0 Å². The minimum absolute atomic E-state index is 0.0895. The van der Waals surface area contributed by atoms with Crippen LogP contribution in [0.3, 0.4) is 0 Å². The predicted molar refractivity (Wildman–Crippen MR) is 76.8 cm³/mol. The Bertz CT molecular complexity index is 794. The van der Waals surface area contributed by atoms with Crippen LogP contribution in [0.1, 0.15) is 10.4 Å². The van der Waals surface area contributed by atoms with E-state index in [1.807, 2.05) is 0 Å². The van der Waals surface area contributed by atoms with Crippen molar-refractivity contribution in [2.75, 3.05) is 11.6 Å². The van der Waals surface area contributed by atoms with Gasteiger partial charge in [-0.1, -0.05) is 11.6 Å². The number of aromatic nitrogens is 2. The number of carbonyl (C=O) groups is 1. The van der Waals surface area contributed by atoms with Gasteiger partial charge in [-0.05, 0) is 18.2 Å². The summed E-state index contributed by atoms with van der Waals surface area (Å²) in [6.07, 6.45) is 3.92. The molecule has 0 saturated heterocycles. The van der Waals surface area contributed by atoms with Crippen LogP contribution in [-0.4, -0.2) is 35.7 Å². The Labute approximate surface area is 125 Å². The fraction of sp³-hybridized carbons (Fsp3) is 0.0833. The number of aromatic carboxylic acids is 1. The summed E-state index contributed by atoms with van der Waals surface area (Å²) in [6, 6.07) is 3.83. The van der Waals surface area contributed by atoms with Crippen molar-refractivity contribution in [1.29, 1.82) is 0 Å². The number of nitrogens with zero attached hydrogens (tertiary/aromatic N) is 2. The summed E-state index contributed by atoms with van der Waals surface area (Å²) in [5.41, 5.74) is -0.185. The molecule has 2 rings (SSSR count). The first-order valence-electron chi connectivity index (χ1n) is 5.60. The summed E-state index contributed by atoms with van der Waals surface area (Å²) in [5, 5.41) is 11.6. The third-order valence-electron chi connectivity index (χ3n) is 2.51. The molecule has 21 heavy (non-hydrogen) atoms. The van der Waals surface area contributed by atoms with Gasteiger partial charge >= 0.3 is 5.97 Å². The van der Waals surface area contributed by atoms with Gasteiger partial charge in [0.1, 0.15) is 0 Å². The number of hydrogen-bond acceptors (Lipinski definition) is 6. The number of carboxylic acid groups (broad SMARTS) is 1. The highest BCUT2D eigenvalue weighted by atomic mass is 35.5. The number of anilines is 2. The molecule has 0 spiro atoms. The molecule has 1 aromatic heterocycles. The highest BCUT2D eigenvalue weighted by Gasteiger charge is 2.20. The molecule has 2 N–H and O–H groups in total. The van der Waals surface area contributed by atoms with Gasteiger partial charge in [0.2, 0.25) is 5.95 Å². The second-order valence-electron chi connectivity index (χ2n) is 4.10. The average molecular weight is 328 g/mol. The lowest BCUT2D eigenvalue weighted by atomic mass is 10.2. The number of carboxylic acids is 1. The van der Waals surface area contributed by atoms with Gasteiger partial charge in [0.05, 0.1) is 21.2 Å². The summed E-state index contributed by atoms with van der Waals surface area (Å²) >= 11 is 5.86. The van der Waals surface area contributed by atoms with Gasteiger partial charge in [0.25, 0.3) is 0 Å². The van der Waals surface area contributed by atoms with E-state index in [4.69, 9.17) is 16.7 Å². The normalized spacial score (nSPS) is 11.1. The topological polar surface area (TPSA) is 109 Å². The first-order valence-corrected chi connectivity index (χ1v) is 7.87. The van der Waals surface area contributed by atoms with E-state index in [0.29, 0.717) is 0 Å². The van der Waals surface area contributed by atoms with Crippen molar-refractivity contribution in [3.63, 3.8) is 0 Å². The fourth-order valence-electron chi connectivity index (χ4n) is 1.61. The molecule has 0 saturated carbocycles. The maximum Gasteiger partial charge on any atom is 0.337 e. The molecular formula is C12H10ClN3O4S. The lowest BCUT2D eigenvalue weighted by Crippen LogP contribution is -2.08. The molecular weight excluding hydrogens is 318 g/mol. The molecule has 0 aliphatic rings. The van der Waals surface area contributed by atoms with Crippen LogP contribution in [-0.2, 0) is 9.84 Å². The number of benzene rings is 1. The number of sulfone groups is 1. The van der Waals surface area contributed by atoms with Crippen LogP contribution in [0.25, 0.3) is 0 Å². The van der Waals surface area contributed by atoms with Crippen LogP contribution in [0, 0.1) is 0 Å². The highest BCUT2D eigenvalue weighted by molar-refractivity contribution is 7.90. The molecule has 0 radical (unpaired) electrons. The van der Waals surface area contributed by atoms with E-state index in [-0.39, 0.29) is 27.1 Å². The van der Waals surface area contributed by atoms with Gasteiger partial charge in [-0.15, -0.1) is 0 Å². The molecule has 0 bridgehead atoms. The quantitative estimate of drug-likeness (QED) is 0.883. The van der Waals surface area contributed by atoms with Gasteiger partial charge in [0.15, 0.2) is 9.84 Å². The summed E-state index contributed by atoms with van der Waals surface area (Å²) in [7, 11) is -3.67. The van der Waals surface area contributed by atoms with Gasteiger partial charge in [-0.3, -0.25) is 0 Å². The Morgan fingerprint density at radius 2 is 1.90 bits per heavy atom.